The quantitative estimate of drug-likeness (QED) is 0.715. The summed E-state index contributed by atoms with van der Waals surface area (Å²) < 4.78 is 24.3. The molecule has 1 fully saturated rings. The Kier molecular flexibility index (Phi) is 3.87. The van der Waals surface area contributed by atoms with Crippen LogP contribution in [0.2, 0.25) is 0 Å². The van der Waals surface area contributed by atoms with Crippen LogP contribution in [0, 0.1) is 0 Å². The van der Waals surface area contributed by atoms with Gasteiger partial charge in [0.15, 0.2) is 0 Å². The van der Waals surface area contributed by atoms with Crippen LogP contribution < -0.4 is 0 Å². The van der Waals surface area contributed by atoms with Crippen molar-refractivity contribution in [3.05, 3.63) is 12.7 Å². The van der Waals surface area contributed by atoms with Gasteiger partial charge in [-0.25, -0.2) is 8.42 Å². The lowest BCUT2D eigenvalue weighted by molar-refractivity contribution is -0.141. The molecule has 0 aromatic carbocycles. The molecule has 1 aliphatic heterocycles. The predicted octanol–water partition coefficient (Wildman–Crippen LogP) is 0.441. The van der Waals surface area contributed by atoms with Crippen LogP contribution >= 0.6 is 0 Å². The van der Waals surface area contributed by atoms with E-state index >= 15 is 0 Å². The molecule has 15 heavy (non-hydrogen) atoms. The van der Waals surface area contributed by atoms with Gasteiger partial charge in [-0.3, -0.25) is 4.79 Å². The topological polar surface area (TPSA) is 74.7 Å². The van der Waals surface area contributed by atoms with Crippen LogP contribution in [0.4, 0.5) is 0 Å². The standard InChI is InChI=1S/C9H15NO4S/c1-2-5-8(9(11)12)10-6-3-4-7-15(10,13)14/h2,8H,1,3-7H2,(H,11,12). The molecule has 0 amide bonds. The van der Waals surface area contributed by atoms with Crippen LogP contribution in [0.25, 0.3) is 0 Å². The maximum absolute atomic E-state index is 11.6. The van der Waals surface area contributed by atoms with Crippen molar-refractivity contribution in [3.63, 3.8) is 0 Å². The molecule has 0 spiro atoms. The molecule has 1 unspecified atom stereocenters. The summed E-state index contributed by atoms with van der Waals surface area (Å²) in [6.07, 6.45) is 2.91. The highest BCUT2D eigenvalue weighted by Gasteiger charge is 2.35. The van der Waals surface area contributed by atoms with E-state index in [4.69, 9.17) is 5.11 Å². The summed E-state index contributed by atoms with van der Waals surface area (Å²) >= 11 is 0. The molecule has 0 aromatic rings. The van der Waals surface area contributed by atoms with Gasteiger partial charge < -0.3 is 5.11 Å². The zero-order chi connectivity index (χ0) is 11.5. The minimum absolute atomic E-state index is 0.0495. The Labute approximate surface area is 89.4 Å². The molecule has 1 aliphatic rings. The van der Waals surface area contributed by atoms with Crippen molar-refractivity contribution in [1.29, 1.82) is 0 Å². The molecule has 86 valence electrons. The number of carboxylic acids is 1. The molecule has 0 bridgehead atoms. The van der Waals surface area contributed by atoms with E-state index in [0.29, 0.717) is 13.0 Å². The van der Waals surface area contributed by atoms with Crippen LogP contribution in [-0.4, -0.2) is 42.1 Å². The van der Waals surface area contributed by atoms with E-state index in [1.54, 1.807) is 0 Å². The van der Waals surface area contributed by atoms with Crippen molar-refractivity contribution in [3.8, 4) is 0 Å². The Balaban J connectivity index is 2.90. The van der Waals surface area contributed by atoms with E-state index < -0.39 is 22.0 Å². The normalized spacial score (nSPS) is 23.2. The van der Waals surface area contributed by atoms with Gasteiger partial charge in [0.2, 0.25) is 10.0 Å². The Morgan fingerprint density at radius 2 is 2.20 bits per heavy atom. The van der Waals surface area contributed by atoms with Gasteiger partial charge in [0, 0.05) is 6.54 Å². The molecular formula is C9H15NO4S. The van der Waals surface area contributed by atoms with E-state index in [1.165, 1.54) is 6.08 Å². The number of hydrogen-bond acceptors (Lipinski definition) is 3. The first kappa shape index (κ1) is 12.2. The smallest absolute Gasteiger partial charge is 0.322 e. The molecule has 1 atom stereocenters. The average Bonchev–Trinajstić information content (AvgIpc) is 2.14. The minimum atomic E-state index is -3.39. The molecule has 1 rings (SSSR count). The third kappa shape index (κ3) is 2.79. The highest BCUT2D eigenvalue weighted by molar-refractivity contribution is 7.89. The van der Waals surface area contributed by atoms with Crippen LogP contribution in [0.1, 0.15) is 19.3 Å². The molecule has 0 saturated carbocycles. The highest BCUT2D eigenvalue weighted by atomic mass is 32.2. The fourth-order valence-corrected chi connectivity index (χ4v) is 3.43. The van der Waals surface area contributed by atoms with Gasteiger partial charge in [-0.2, -0.15) is 4.31 Å². The first-order chi connectivity index (χ1) is 6.99. The fourth-order valence-electron chi connectivity index (χ4n) is 1.66. The monoisotopic (exact) mass is 233 g/mol. The molecule has 6 heteroatoms. The van der Waals surface area contributed by atoms with Gasteiger partial charge in [0.25, 0.3) is 0 Å². The zero-order valence-corrected chi connectivity index (χ0v) is 9.24. The minimum Gasteiger partial charge on any atom is -0.480 e. The summed E-state index contributed by atoms with van der Waals surface area (Å²) in [6.45, 7) is 3.74. The number of aliphatic carboxylic acids is 1. The van der Waals surface area contributed by atoms with Crippen molar-refractivity contribution >= 4 is 16.0 Å². The van der Waals surface area contributed by atoms with E-state index in [-0.39, 0.29) is 12.2 Å². The molecule has 5 nitrogen and oxygen atoms in total. The molecule has 1 heterocycles. The largest absolute Gasteiger partial charge is 0.480 e. The number of carbonyl (C=O) groups is 1. The van der Waals surface area contributed by atoms with E-state index in [1.807, 2.05) is 0 Å². The second kappa shape index (κ2) is 4.76. The van der Waals surface area contributed by atoms with Gasteiger partial charge in [-0.1, -0.05) is 6.08 Å². The lowest BCUT2D eigenvalue weighted by Gasteiger charge is -2.30. The molecule has 1 saturated heterocycles. The number of hydrogen-bond donors (Lipinski definition) is 1. The van der Waals surface area contributed by atoms with Crippen LogP contribution in [0.5, 0.6) is 0 Å². The van der Waals surface area contributed by atoms with Gasteiger partial charge >= 0.3 is 5.97 Å². The molecular weight excluding hydrogens is 218 g/mol. The summed E-state index contributed by atoms with van der Waals surface area (Å²) in [5.41, 5.74) is 0. The van der Waals surface area contributed by atoms with Crippen molar-refractivity contribution in [1.82, 2.24) is 4.31 Å². The number of rotatable bonds is 4. The first-order valence-corrected chi connectivity index (χ1v) is 6.43. The summed E-state index contributed by atoms with van der Waals surface area (Å²) in [7, 11) is -3.39. The highest BCUT2D eigenvalue weighted by Crippen LogP contribution is 2.19. The van der Waals surface area contributed by atoms with Crippen molar-refractivity contribution in [2.24, 2.45) is 0 Å². The maximum Gasteiger partial charge on any atom is 0.322 e. The third-order valence-corrected chi connectivity index (χ3v) is 4.37. The SMILES string of the molecule is C=CCC(C(=O)O)N1CCCCS1(=O)=O. The van der Waals surface area contributed by atoms with Crippen molar-refractivity contribution in [2.45, 2.75) is 25.3 Å². The molecule has 1 N–H and O–H groups in total. The zero-order valence-electron chi connectivity index (χ0n) is 8.42. The molecule has 0 aromatic heterocycles. The van der Waals surface area contributed by atoms with E-state index in [2.05, 4.69) is 6.58 Å². The van der Waals surface area contributed by atoms with E-state index in [0.717, 1.165) is 10.7 Å². The summed E-state index contributed by atoms with van der Waals surface area (Å²) in [6, 6.07) is -0.993. The van der Waals surface area contributed by atoms with Gasteiger partial charge in [0.05, 0.1) is 5.75 Å². The van der Waals surface area contributed by atoms with Crippen LogP contribution in [-0.2, 0) is 14.8 Å². The van der Waals surface area contributed by atoms with Gasteiger partial charge in [0.1, 0.15) is 6.04 Å². The van der Waals surface area contributed by atoms with Crippen molar-refractivity contribution < 1.29 is 18.3 Å². The predicted molar refractivity (Wildman–Crippen MR) is 56.0 cm³/mol. The Hall–Kier alpha value is -0.880. The number of nitrogens with zero attached hydrogens (tertiary/aromatic N) is 1. The maximum atomic E-state index is 11.6. The Bertz CT molecular complexity index is 349. The Morgan fingerprint density at radius 3 is 2.67 bits per heavy atom. The first-order valence-electron chi connectivity index (χ1n) is 4.82. The fraction of sp³-hybridized carbons (Fsp3) is 0.667. The second-order valence-corrected chi connectivity index (χ2v) is 5.55. The lowest BCUT2D eigenvalue weighted by atomic mass is 10.2. The average molecular weight is 233 g/mol. The van der Waals surface area contributed by atoms with Crippen LogP contribution in [0.3, 0.4) is 0 Å². The van der Waals surface area contributed by atoms with Crippen LogP contribution in [0.15, 0.2) is 12.7 Å². The van der Waals surface area contributed by atoms with Gasteiger partial charge in [-0.15, -0.1) is 6.58 Å². The molecule has 0 aliphatic carbocycles. The second-order valence-electron chi connectivity index (χ2n) is 3.51. The van der Waals surface area contributed by atoms with E-state index in [9.17, 15) is 13.2 Å². The van der Waals surface area contributed by atoms with Gasteiger partial charge in [-0.05, 0) is 19.3 Å². The third-order valence-electron chi connectivity index (χ3n) is 2.41. The van der Waals surface area contributed by atoms with Crippen molar-refractivity contribution in [2.75, 3.05) is 12.3 Å². The lowest BCUT2D eigenvalue weighted by Crippen LogP contribution is -2.48. The number of sulfonamides is 1. The Morgan fingerprint density at radius 1 is 1.53 bits per heavy atom. The molecule has 0 radical (unpaired) electrons. The summed E-state index contributed by atoms with van der Waals surface area (Å²) in [4.78, 5) is 10.9. The summed E-state index contributed by atoms with van der Waals surface area (Å²) in [5.74, 6) is -1.06. The number of carboxylic acid groups (broad SMARTS) is 1. The summed E-state index contributed by atoms with van der Waals surface area (Å²) in [5, 5.41) is 8.93.